The van der Waals surface area contributed by atoms with Crippen molar-refractivity contribution in [2.45, 2.75) is 65.2 Å². The molecule has 0 radical (unpaired) electrons. The van der Waals surface area contributed by atoms with Crippen LogP contribution in [0.25, 0.3) is 0 Å². The van der Waals surface area contributed by atoms with Gasteiger partial charge in [0, 0.05) is 30.7 Å². The Morgan fingerprint density at radius 1 is 1.42 bits per heavy atom. The van der Waals surface area contributed by atoms with Crippen LogP contribution in [0, 0.1) is 12.8 Å². The summed E-state index contributed by atoms with van der Waals surface area (Å²) in [6.07, 6.45) is 4.29. The van der Waals surface area contributed by atoms with Crippen LogP contribution in [0.4, 0.5) is 0 Å². The Bertz CT molecular complexity index is 438. The standard InChI is InChI=1S/C16H26N2O/c1-11(2)17-8-16-7-14(12(3)19-16)10-18-9-13-4-5-15(18)6-13/h7,11,13,15,17H,4-6,8-10H2,1-3H3. The largest absolute Gasteiger partial charge is 0.465 e. The van der Waals surface area contributed by atoms with Gasteiger partial charge >= 0.3 is 0 Å². The minimum absolute atomic E-state index is 0.503. The van der Waals surface area contributed by atoms with E-state index in [4.69, 9.17) is 4.42 Å². The summed E-state index contributed by atoms with van der Waals surface area (Å²) in [5, 5.41) is 3.42. The second-order valence-corrected chi connectivity index (χ2v) is 6.59. The minimum Gasteiger partial charge on any atom is -0.465 e. The van der Waals surface area contributed by atoms with E-state index in [0.717, 1.165) is 36.6 Å². The predicted molar refractivity (Wildman–Crippen MR) is 77.0 cm³/mol. The van der Waals surface area contributed by atoms with Gasteiger partial charge in [0.1, 0.15) is 11.5 Å². The lowest BCUT2D eigenvalue weighted by atomic mass is 10.1. The zero-order chi connectivity index (χ0) is 13.4. The van der Waals surface area contributed by atoms with Crippen molar-refractivity contribution in [1.29, 1.82) is 0 Å². The number of hydrogen-bond acceptors (Lipinski definition) is 3. The zero-order valence-corrected chi connectivity index (χ0v) is 12.4. The first kappa shape index (κ1) is 13.2. The molecule has 1 aliphatic heterocycles. The van der Waals surface area contributed by atoms with Crippen molar-refractivity contribution in [3.63, 3.8) is 0 Å². The number of furan rings is 1. The van der Waals surface area contributed by atoms with E-state index in [-0.39, 0.29) is 0 Å². The second kappa shape index (κ2) is 5.29. The van der Waals surface area contributed by atoms with E-state index < -0.39 is 0 Å². The van der Waals surface area contributed by atoms with E-state index in [1.807, 2.05) is 0 Å². The summed E-state index contributed by atoms with van der Waals surface area (Å²) >= 11 is 0. The first-order chi connectivity index (χ1) is 9.11. The molecule has 2 atom stereocenters. The van der Waals surface area contributed by atoms with Crippen LogP contribution in [0.5, 0.6) is 0 Å². The third-order valence-corrected chi connectivity index (χ3v) is 4.65. The summed E-state index contributed by atoms with van der Waals surface area (Å²) in [6, 6.07) is 3.59. The van der Waals surface area contributed by atoms with E-state index in [0.29, 0.717) is 6.04 Å². The lowest BCUT2D eigenvalue weighted by molar-refractivity contribution is 0.204. The normalized spacial score (nSPS) is 26.7. The smallest absolute Gasteiger partial charge is 0.118 e. The highest BCUT2D eigenvalue weighted by molar-refractivity contribution is 5.21. The average Bonchev–Trinajstić information content (AvgIpc) is 3.03. The number of piperidine rings is 1. The molecule has 1 aromatic heterocycles. The molecule has 1 saturated carbocycles. The third-order valence-electron chi connectivity index (χ3n) is 4.65. The van der Waals surface area contributed by atoms with E-state index in [1.165, 1.54) is 31.4 Å². The van der Waals surface area contributed by atoms with Crippen molar-refractivity contribution in [3.05, 3.63) is 23.2 Å². The van der Waals surface area contributed by atoms with Crippen LogP contribution < -0.4 is 5.32 Å². The Labute approximate surface area is 116 Å². The number of aryl methyl sites for hydroxylation is 1. The predicted octanol–water partition coefficient (Wildman–Crippen LogP) is 3.07. The minimum atomic E-state index is 0.503. The molecule has 0 spiro atoms. The summed E-state index contributed by atoms with van der Waals surface area (Å²) in [7, 11) is 0. The molecule has 2 unspecified atom stereocenters. The number of nitrogens with one attached hydrogen (secondary N) is 1. The maximum Gasteiger partial charge on any atom is 0.118 e. The summed E-state index contributed by atoms with van der Waals surface area (Å²) < 4.78 is 5.87. The van der Waals surface area contributed by atoms with Gasteiger partial charge in [0.2, 0.25) is 0 Å². The van der Waals surface area contributed by atoms with Crippen molar-refractivity contribution in [3.8, 4) is 0 Å². The number of fused-ring (bicyclic) bond motifs is 2. The van der Waals surface area contributed by atoms with Crippen molar-refractivity contribution in [1.82, 2.24) is 10.2 Å². The van der Waals surface area contributed by atoms with Crippen LogP contribution in [-0.2, 0) is 13.1 Å². The first-order valence-electron chi connectivity index (χ1n) is 7.67. The highest BCUT2D eigenvalue weighted by Gasteiger charge is 2.37. The Morgan fingerprint density at radius 2 is 2.26 bits per heavy atom. The molecule has 2 bridgehead atoms. The number of hydrogen-bond donors (Lipinski definition) is 1. The maximum atomic E-state index is 5.87. The van der Waals surface area contributed by atoms with E-state index in [2.05, 4.69) is 37.1 Å². The topological polar surface area (TPSA) is 28.4 Å². The molecule has 3 rings (SSSR count). The van der Waals surface area contributed by atoms with E-state index >= 15 is 0 Å². The molecule has 0 aromatic carbocycles. The van der Waals surface area contributed by atoms with Crippen LogP contribution in [0.3, 0.4) is 0 Å². The maximum absolute atomic E-state index is 5.87. The van der Waals surface area contributed by atoms with Crippen molar-refractivity contribution in [2.24, 2.45) is 5.92 Å². The molecule has 3 nitrogen and oxygen atoms in total. The van der Waals surface area contributed by atoms with Gasteiger partial charge in [-0.05, 0) is 38.2 Å². The summed E-state index contributed by atoms with van der Waals surface area (Å²) in [6.45, 7) is 9.65. The molecule has 2 heterocycles. The van der Waals surface area contributed by atoms with Gasteiger partial charge in [-0.3, -0.25) is 4.90 Å². The Kier molecular flexibility index (Phi) is 3.68. The van der Waals surface area contributed by atoms with Crippen molar-refractivity contribution >= 4 is 0 Å². The molecule has 2 fully saturated rings. The van der Waals surface area contributed by atoms with Crippen LogP contribution in [0.2, 0.25) is 0 Å². The van der Waals surface area contributed by atoms with Crippen LogP contribution in [-0.4, -0.2) is 23.5 Å². The van der Waals surface area contributed by atoms with Gasteiger partial charge in [0.15, 0.2) is 0 Å². The fourth-order valence-corrected chi connectivity index (χ4v) is 3.58. The molecule has 1 saturated heterocycles. The molecule has 2 aliphatic rings. The fraction of sp³-hybridized carbons (Fsp3) is 0.750. The second-order valence-electron chi connectivity index (χ2n) is 6.59. The molecular formula is C16H26N2O. The van der Waals surface area contributed by atoms with Gasteiger partial charge in [-0.25, -0.2) is 0 Å². The van der Waals surface area contributed by atoms with E-state index in [1.54, 1.807) is 0 Å². The Hall–Kier alpha value is -0.800. The molecular weight excluding hydrogens is 236 g/mol. The molecule has 3 heteroatoms. The van der Waals surface area contributed by atoms with Crippen molar-refractivity contribution < 1.29 is 4.42 Å². The van der Waals surface area contributed by atoms with Crippen LogP contribution >= 0.6 is 0 Å². The van der Waals surface area contributed by atoms with Crippen molar-refractivity contribution in [2.75, 3.05) is 6.54 Å². The lowest BCUT2D eigenvalue weighted by Gasteiger charge is -2.26. The van der Waals surface area contributed by atoms with Gasteiger partial charge in [0.25, 0.3) is 0 Å². The highest BCUT2D eigenvalue weighted by Crippen LogP contribution is 2.38. The van der Waals surface area contributed by atoms with Gasteiger partial charge in [-0.1, -0.05) is 13.8 Å². The molecule has 1 aliphatic carbocycles. The van der Waals surface area contributed by atoms with Gasteiger partial charge in [-0.2, -0.15) is 0 Å². The van der Waals surface area contributed by atoms with Gasteiger partial charge < -0.3 is 9.73 Å². The SMILES string of the molecule is Cc1oc(CNC(C)C)cc1CN1CC2CCC1C2. The van der Waals surface area contributed by atoms with Gasteiger partial charge in [0.05, 0.1) is 6.54 Å². The Balaban J connectivity index is 1.61. The van der Waals surface area contributed by atoms with Crippen LogP contribution in [0.1, 0.15) is 50.2 Å². The first-order valence-corrected chi connectivity index (χ1v) is 7.67. The number of rotatable bonds is 5. The highest BCUT2D eigenvalue weighted by atomic mass is 16.3. The molecule has 1 N–H and O–H groups in total. The monoisotopic (exact) mass is 262 g/mol. The summed E-state index contributed by atoms with van der Waals surface area (Å²) in [4.78, 5) is 2.66. The molecule has 1 aromatic rings. The quantitative estimate of drug-likeness (QED) is 0.884. The van der Waals surface area contributed by atoms with E-state index in [9.17, 15) is 0 Å². The zero-order valence-electron chi connectivity index (χ0n) is 12.4. The lowest BCUT2D eigenvalue weighted by Crippen LogP contribution is -2.31. The summed E-state index contributed by atoms with van der Waals surface area (Å²) in [5.74, 6) is 3.15. The Morgan fingerprint density at radius 3 is 2.89 bits per heavy atom. The third kappa shape index (κ3) is 2.87. The molecule has 19 heavy (non-hydrogen) atoms. The number of likely N-dealkylation sites (tertiary alicyclic amines) is 1. The summed E-state index contributed by atoms with van der Waals surface area (Å²) in [5.41, 5.74) is 1.38. The molecule has 106 valence electrons. The fourth-order valence-electron chi connectivity index (χ4n) is 3.58. The average molecular weight is 262 g/mol. The van der Waals surface area contributed by atoms with Gasteiger partial charge in [-0.15, -0.1) is 0 Å². The molecule has 0 amide bonds. The van der Waals surface area contributed by atoms with Crippen LogP contribution in [0.15, 0.2) is 10.5 Å². The number of nitrogens with zero attached hydrogens (tertiary/aromatic N) is 1.